The number of thioether (sulfide) groups is 1. The fourth-order valence-electron chi connectivity index (χ4n) is 2.23. The summed E-state index contributed by atoms with van der Waals surface area (Å²) in [6, 6.07) is 5.84. The summed E-state index contributed by atoms with van der Waals surface area (Å²) < 4.78 is 42.8. The second kappa shape index (κ2) is 8.96. The number of aromatic nitrogens is 2. The molecule has 0 fully saturated rings. The fourth-order valence-corrected chi connectivity index (χ4v) is 3.74. The first-order chi connectivity index (χ1) is 12.4. The van der Waals surface area contributed by atoms with Crippen molar-refractivity contribution >= 4 is 46.4 Å². The van der Waals surface area contributed by atoms with Crippen molar-refractivity contribution in [3.8, 4) is 11.4 Å². The lowest BCUT2D eigenvalue weighted by Gasteiger charge is -2.13. The second-order valence-electron chi connectivity index (χ2n) is 5.24. The van der Waals surface area contributed by atoms with Gasteiger partial charge < -0.3 is 10.5 Å². The van der Waals surface area contributed by atoms with E-state index in [0.29, 0.717) is 34.0 Å². The lowest BCUT2D eigenvalue weighted by Crippen LogP contribution is -2.22. The Morgan fingerprint density at radius 3 is 2.56 bits per heavy atom. The Hall–Kier alpha value is -1.75. The first-order valence-corrected chi connectivity index (χ1v) is 9.44. The van der Waals surface area contributed by atoms with E-state index in [0.717, 1.165) is 0 Å². The van der Waals surface area contributed by atoms with Gasteiger partial charge in [0.05, 0.1) is 16.6 Å². The topological polar surface area (TPSA) is 70.1 Å². The van der Waals surface area contributed by atoms with E-state index in [1.54, 1.807) is 10.8 Å². The van der Waals surface area contributed by atoms with Crippen LogP contribution >= 0.6 is 35.5 Å². The summed E-state index contributed by atoms with van der Waals surface area (Å²) in [6.45, 7) is -0.946. The maximum absolute atomic E-state index is 12.8. The van der Waals surface area contributed by atoms with Crippen LogP contribution in [0.4, 0.5) is 13.2 Å². The van der Waals surface area contributed by atoms with Crippen LogP contribution in [0, 0.1) is 0 Å². The molecule has 2 N–H and O–H groups in total. The van der Waals surface area contributed by atoms with E-state index in [9.17, 15) is 18.0 Å². The van der Waals surface area contributed by atoms with E-state index < -0.39 is 12.8 Å². The molecule has 3 rings (SSSR count). The summed E-state index contributed by atoms with van der Waals surface area (Å²) in [7, 11) is 0. The summed E-state index contributed by atoms with van der Waals surface area (Å²) >= 11 is 2.72. The monoisotopic (exact) mass is 437 g/mol. The van der Waals surface area contributed by atoms with Crippen LogP contribution in [-0.2, 0) is 0 Å². The standard InChI is InChI=1S/C16H14F3N3O2S2.ClH/c17-16(18,19)9-24-11-3-1-10(2-4-11)22-14(23)12-7-25-8-13(12)21-15(22)26-6-5-20;/h1-4,7-8H,5-6,9,20H2;1H. The summed E-state index contributed by atoms with van der Waals surface area (Å²) in [4.78, 5) is 17.3. The molecule has 2 heterocycles. The van der Waals surface area contributed by atoms with Crippen LogP contribution in [0.25, 0.3) is 16.6 Å². The van der Waals surface area contributed by atoms with Crippen LogP contribution in [0.15, 0.2) is 45.0 Å². The van der Waals surface area contributed by atoms with Crippen molar-refractivity contribution in [1.29, 1.82) is 0 Å². The Kier molecular flexibility index (Phi) is 7.15. The van der Waals surface area contributed by atoms with Gasteiger partial charge in [-0.1, -0.05) is 11.8 Å². The summed E-state index contributed by atoms with van der Waals surface area (Å²) in [5.74, 6) is 0.648. The molecule has 3 aromatic rings. The highest BCUT2D eigenvalue weighted by atomic mass is 35.5. The highest BCUT2D eigenvalue weighted by Crippen LogP contribution is 2.24. The van der Waals surface area contributed by atoms with Gasteiger partial charge >= 0.3 is 6.18 Å². The number of ether oxygens (including phenoxy) is 1. The van der Waals surface area contributed by atoms with E-state index in [4.69, 9.17) is 10.5 Å². The Morgan fingerprint density at radius 1 is 1.22 bits per heavy atom. The molecule has 0 aliphatic carbocycles. The van der Waals surface area contributed by atoms with E-state index in [1.165, 1.54) is 51.9 Å². The number of alkyl halides is 3. The van der Waals surface area contributed by atoms with E-state index in [1.807, 2.05) is 0 Å². The number of rotatable bonds is 6. The number of benzene rings is 1. The molecule has 0 unspecified atom stereocenters. The van der Waals surface area contributed by atoms with Gasteiger partial charge in [0.2, 0.25) is 0 Å². The lowest BCUT2D eigenvalue weighted by atomic mass is 10.3. The van der Waals surface area contributed by atoms with E-state index in [2.05, 4.69) is 4.98 Å². The number of thiophene rings is 1. The van der Waals surface area contributed by atoms with Crippen LogP contribution in [-0.4, -0.2) is 34.6 Å². The highest BCUT2D eigenvalue weighted by Gasteiger charge is 2.28. The predicted octanol–water partition coefficient (Wildman–Crippen LogP) is 3.86. The highest BCUT2D eigenvalue weighted by molar-refractivity contribution is 7.99. The molecule has 0 aliphatic rings. The Labute approximate surface area is 166 Å². The molecule has 0 radical (unpaired) electrons. The van der Waals surface area contributed by atoms with Crippen molar-refractivity contribution in [2.24, 2.45) is 5.73 Å². The number of nitrogens with zero attached hydrogens (tertiary/aromatic N) is 2. The molecular formula is C16H15ClF3N3O2S2. The second-order valence-corrected chi connectivity index (χ2v) is 7.05. The Balaban J connectivity index is 0.00000261. The SMILES string of the molecule is Cl.NCCSc1nc2cscc2c(=O)n1-c1ccc(OCC(F)(F)F)cc1. The van der Waals surface area contributed by atoms with Crippen molar-refractivity contribution in [2.75, 3.05) is 18.9 Å². The van der Waals surface area contributed by atoms with Gasteiger partial charge in [-0.05, 0) is 24.3 Å². The third kappa shape index (κ3) is 5.16. The molecule has 146 valence electrons. The third-order valence-electron chi connectivity index (χ3n) is 3.33. The van der Waals surface area contributed by atoms with Crippen molar-refractivity contribution in [1.82, 2.24) is 9.55 Å². The number of hydrogen-bond acceptors (Lipinski definition) is 6. The van der Waals surface area contributed by atoms with Gasteiger partial charge in [-0.2, -0.15) is 13.2 Å². The summed E-state index contributed by atoms with van der Waals surface area (Å²) in [5, 5.41) is 4.49. The number of fused-ring (bicyclic) bond motifs is 1. The van der Waals surface area contributed by atoms with Gasteiger partial charge in [0, 0.05) is 23.1 Å². The van der Waals surface area contributed by atoms with Crippen molar-refractivity contribution in [3.05, 3.63) is 45.4 Å². The molecule has 5 nitrogen and oxygen atoms in total. The molecule has 0 saturated heterocycles. The smallest absolute Gasteiger partial charge is 0.422 e. The molecule has 11 heteroatoms. The molecule has 1 aromatic carbocycles. The predicted molar refractivity (Wildman–Crippen MR) is 104 cm³/mol. The van der Waals surface area contributed by atoms with Crippen LogP contribution < -0.4 is 16.0 Å². The molecular weight excluding hydrogens is 423 g/mol. The normalized spacial score (nSPS) is 11.4. The largest absolute Gasteiger partial charge is 0.484 e. The minimum absolute atomic E-state index is 0. The summed E-state index contributed by atoms with van der Waals surface area (Å²) in [5.41, 5.74) is 6.41. The maximum Gasteiger partial charge on any atom is 0.422 e. The van der Waals surface area contributed by atoms with Gasteiger partial charge in [-0.25, -0.2) is 4.98 Å². The Morgan fingerprint density at radius 2 is 1.93 bits per heavy atom. The first-order valence-electron chi connectivity index (χ1n) is 7.51. The molecule has 0 saturated carbocycles. The molecule has 0 bridgehead atoms. The molecule has 0 amide bonds. The maximum atomic E-state index is 12.8. The molecule has 27 heavy (non-hydrogen) atoms. The van der Waals surface area contributed by atoms with Gasteiger partial charge in [0.15, 0.2) is 11.8 Å². The average molecular weight is 438 g/mol. The number of nitrogens with two attached hydrogens (primary N) is 1. The van der Waals surface area contributed by atoms with Crippen LogP contribution in [0.3, 0.4) is 0 Å². The van der Waals surface area contributed by atoms with Crippen molar-refractivity contribution in [2.45, 2.75) is 11.3 Å². The zero-order chi connectivity index (χ0) is 18.7. The quantitative estimate of drug-likeness (QED) is 0.468. The number of hydrogen-bond donors (Lipinski definition) is 1. The Bertz CT molecular complexity index is 958. The average Bonchev–Trinajstić information content (AvgIpc) is 3.07. The van der Waals surface area contributed by atoms with Gasteiger partial charge in [-0.3, -0.25) is 9.36 Å². The molecule has 0 atom stereocenters. The number of halogens is 4. The van der Waals surface area contributed by atoms with Crippen LogP contribution in [0.2, 0.25) is 0 Å². The molecule has 2 aromatic heterocycles. The summed E-state index contributed by atoms with van der Waals surface area (Å²) in [6.07, 6.45) is -4.41. The van der Waals surface area contributed by atoms with Crippen LogP contribution in [0.5, 0.6) is 5.75 Å². The van der Waals surface area contributed by atoms with Gasteiger partial charge in [-0.15, -0.1) is 23.7 Å². The van der Waals surface area contributed by atoms with E-state index >= 15 is 0 Å². The molecule has 0 aliphatic heterocycles. The van der Waals surface area contributed by atoms with Gasteiger partial charge in [0.25, 0.3) is 5.56 Å². The fraction of sp³-hybridized carbons (Fsp3) is 0.250. The van der Waals surface area contributed by atoms with Crippen molar-refractivity contribution in [3.63, 3.8) is 0 Å². The van der Waals surface area contributed by atoms with Gasteiger partial charge in [0.1, 0.15) is 5.75 Å². The minimum Gasteiger partial charge on any atom is -0.484 e. The van der Waals surface area contributed by atoms with Crippen molar-refractivity contribution < 1.29 is 17.9 Å². The van der Waals surface area contributed by atoms with Crippen LogP contribution in [0.1, 0.15) is 0 Å². The molecule has 0 spiro atoms. The minimum atomic E-state index is -4.41. The van der Waals surface area contributed by atoms with E-state index in [-0.39, 0.29) is 23.7 Å². The zero-order valence-corrected chi connectivity index (χ0v) is 16.2. The first kappa shape index (κ1) is 21.5. The lowest BCUT2D eigenvalue weighted by molar-refractivity contribution is -0.153. The zero-order valence-electron chi connectivity index (χ0n) is 13.7. The third-order valence-corrected chi connectivity index (χ3v) is 5.03.